The van der Waals surface area contributed by atoms with E-state index >= 15 is 0 Å². The van der Waals surface area contributed by atoms with Crippen LogP contribution in [0.25, 0.3) is 0 Å². The van der Waals surface area contributed by atoms with Crippen molar-refractivity contribution in [2.75, 3.05) is 26.3 Å². The molecule has 0 spiro atoms. The van der Waals surface area contributed by atoms with Crippen LogP contribution in [-0.2, 0) is 0 Å². The third kappa shape index (κ3) is 5.74. The van der Waals surface area contributed by atoms with Crippen LogP contribution in [0.15, 0.2) is 18.3 Å². The van der Waals surface area contributed by atoms with Gasteiger partial charge in [-0.05, 0) is 12.1 Å². The van der Waals surface area contributed by atoms with Gasteiger partial charge in [-0.2, -0.15) is 0 Å². The van der Waals surface area contributed by atoms with E-state index in [0.29, 0.717) is 0 Å². The highest BCUT2D eigenvalue weighted by Gasteiger charge is 2.12. The van der Waals surface area contributed by atoms with Crippen LogP contribution < -0.4 is 10.6 Å². The quantitative estimate of drug-likeness (QED) is 0.304. The minimum atomic E-state index is -1.05. The van der Waals surface area contributed by atoms with Crippen LogP contribution in [0.2, 0.25) is 0 Å². The Hall–Kier alpha value is -2.07. The molecule has 22 heavy (non-hydrogen) atoms. The van der Waals surface area contributed by atoms with Crippen molar-refractivity contribution >= 4 is 11.8 Å². The third-order valence-corrected chi connectivity index (χ3v) is 2.68. The summed E-state index contributed by atoms with van der Waals surface area (Å²) < 4.78 is 0. The largest absolute Gasteiger partial charge is 0.394 e. The molecule has 0 radical (unpaired) electrons. The maximum Gasteiger partial charge on any atom is 0.269 e. The predicted octanol–water partition coefficient (Wildman–Crippen LogP) is -2.75. The molecule has 9 heteroatoms. The van der Waals surface area contributed by atoms with Gasteiger partial charge >= 0.3 is 0 Å². The Bertz CT molecular complexity index is 448. The number of hydrogen-bond donors (Lipinski definition) is 6. The zero-order chi connectivity index (χ0) is 16.5. The maximum absolute atomic E-state index is 11.7. The van der Waals surface area contributed by atoms with E-state index in [1.54, 1.807) is 0 Å². The number of aromatic nitrogens is 1. The van der Waals surface area contributed by atoms with Crippen LogP contribution in [0, 0.1) is 0 Å². The Labute approximate surface area is 126 Å². The van der Waals surface area contributed by atoms with Crippen molar-refractivity contribution in [3.05, 3.63) is 29.6 Å². The number of pyridine rings is 1. The maximum atomic E-state index is 11.7. The molecule has 1 aromatic rings. The predicted molar refractivity (Wildman–Crippen MR) is 75.1 cm³/mol. The van der Waals surface area contributed by atoms with Gasteiger partial charge in [0.15, 0.2) is 0 Å². The summed E-state index contributed by atoms with van der Waals surface area (Å²) in [6.45, 7) is -1.14. The number of aliphatic hydroxyl groups excluding tert-OH is 4. The van der Waals surface area contributed by atoms with Gasteiger partial charge in [-0.3, -0.25) is 14.6 Å². The Kier molecular flexibility index (Phi) is 7.40. The van der Waals surface area contributed by atoms with Crippen LogP contribution in [0.1, 0.15) is 20.8 Å². The van der Waals surface area contributed by atoms with Crippen molar-refractivity contribution in [3.8, 4) is 0 Å². The van der Waals surface area contributed by atoms with Crippen LogP contribution in [0.3, 0.4) is 0 Å². The van der Waals surface area contributed by atoms with Crippen molar-refractivity contribution in [1.29, 1.82) is 0 Å². The van der Waals surface area contributed by atoms with Crippen LogP contribution in [-0.4, -0.2) is 75.7 Å². The lowest BCUT2D eigenvalue weighted by Gasteiger charge is -2.10. The first-order chi connectivity index (χ1) is 10.5. The number of aliphatic hydroxyl groups is 4. The molecular formula is C13H19N3O6. The Morgan fingerprint density at radius 1 is 1.00 bits per heavy atom. The molecule has 0 aromatic carbocycles. The summed E-state index contributed by atoms with van der Waals surface area (Å²) >= 11 is 0. The van der Waals surface area contributed by atoms with E-state index in [0.717, 1.165) is 0 Å². The van der Waals surface area contributed by atoms with Crippen molar-refractivity contribution < 1.29 is 30.0 Å². The first-order valence-electron chi connectivity index (χ1n) is 6.58. The highest BCUT2D eigenvalue weighted by atomic mass is 16.3. The van der Waals surface area contributed by atoms with Gasteiger partial charge < -0.3 is 31.1 Å². The standard InChI is InChI=1S/C13H19N3O6/c17-6-9(19)4-15-12(21)8-1-2-11(14-3-8)13(22)16-5-10(20)7-18/h1-3,9-10,17-20H,4-7H2,(H,15,21)(H,16,22). The summed E-state index contributed by atoms with van der Waals surface area (Å²) in [5.74, 6) is -1.04. The van der Waals surface area contributed by atoms with Gasteiger partial charge in [-0.1, -0.05) is 0 Å². The molecule has 0 saturated carbocycles. The molecule has 0 saturated heterocycles. The number of nitrogens with one attached hydrogen (secondary N) is 2. The smallest absolute Gasteiger partial charge is 0.269 e. The third-order valence-electron chi connectivity index (χ3n) is 2.68. The second-order valence-corrected chi connectivity index (χ2v) is 4.52. The van der Waals surface area contributed by atoms with E-state index in [9.17, 15) is 9.59 Å². The molecule has 1 aromatic heterocycles. The molecule has 1 heterocycles. The number of nitrogens with zero attached hydrogens (tertiary/aromatic N) is 1. The average Bonchev–Trinajstić information content (AvgIpc) is 2.56. The summed E-state index contributed by atoms with van der Waals surface area (Å²) in [6, 6.07) is 2.71. The fraction of sp³-hybridized carbons (Fsp3) is 0.462. The summed E-state index contributed by atoms with van der Waals surface area (Å²) in [7, 11) is 0. The zero-order valence-corrected chi connectivity index (χ0v) is 11.8. The van der Waals surface area contributed by atoms with E-state index in [1.807, 2.05) is 0 Å². The molecule has 0 aliphatic heterocycles. The van der Waals surface area contributed by atoms with Crippen molar-refractivity contribution in [3.63, 3.8) is 0 Å². The van der Waals surface area contributed by atoms with Crippen LogP contribution >= 0.6 is 0 Å². The van der Waals surface area contributed by atoms with Gasteiger partial charge in [-0.25, -0.2) is 0 Å². The molecule has 122 valence electrons. The van der Waals surface area contributed by atoms with E-state index in [1.165, 1.54) is 18.3 Å². The number of rotatable bonds is 8. The molecule has 9 nitrogen and oxygen atoms in total. The highest BCUT2D eigenvalue weighted by Crippen LogP contribution is 2.01. The van der Waals surface area contributed by atoms with Gasteiger partial charge in [0.2, 0.25) is 0 Å². The molecule has 6 N–H and O–H groups in total. The minimum Gasteiger partial charge on any atom is -0.394 e. The molecule has 0 fully saturated rings. The summed E-state index contributed by atoms with van der Waals surface area (Å²) in [5, 5.41) is 40.3. The Morgan fingerprint density at radius 2 is 1.55 bits per heavy atom. The fourth-order valence-electron chi connectivity index (χ4n) is 1.41. The lowest BCUT2D eigenvalue weighted by atomic mass is 10.2. The number of amides is 2. The van der Waals surface area contributed by atoms with Crippen molar-refractivity contribution in [2.24, 2.45) is 0 Å². The van der Waals surface area contributed by atoms with Crippen LogP contribution in [0.4, 0.5) is 0 Å². The normalized spacial score (nSPS) is 13.3. The van der Waals surface area contributed by atoms with Gasteiger partial charge in [-0.15, -0.1) is 0 Å². The SMILES string of the molecule is O=C(NCC(O)CO)c1ccc(C(=O)NCC(O)CO)nc1. The van der Waals surface area contributed by atoms with E-state index in [-0.39, 0.29) is 24.3 Å². The highest BCUT2D eigenvalue weighted by molar-refractivity contribution is 5.96. The molecule has 0 aliphatic rings. The zero-order valence-electron chi connectivity index (χ0n) is 11.8. The first-order valence-corrected chi connectivity index (χ1v) is 6.58. The first kappa shape index (κ1) is 18.0. The minimum absolute atomic E-state index is 0.0529. The molecule has 1 rings (SSSR count). The number of carbonyl (C=O) groups excluding carboxylic acids is 2. The average molecular weight is 313 g/mol. The Morgan fingerprint density at radius 3 is 2.00 bits per heavy atom. The second-order valence-electron chi connectivity index (χ2n) is 4.52. The van der Waals surface area contributed by atoms with Crippen molar-refractivity contribution in [2.45, 2.75) is 12.2 Å². The Balaban J connectivity index is 2.55. The molecule has 2 amide bonds. The topological polar surface area (TPSA) is 152 Å². The van der Waals surface area contributed by atoms with Gasteiger partial charge in [0, 0.05) is 19.3 Å². The molecule has 0 bridgehead atoms. The van der Waals surface area contributed by atoms with Crippen LogP contribution in [0.5, 0.6) is 0 Å². The summed E-state index contributed by atoms with van der Waals surface area (Å²) in [5.41, 5.74) is 0.245. The summed E-state index contributed by atoms with van der Waals surface area (Å²) in [6.07, 6.45) is -0.898. The van der Waals surface area contributed by atoms with E-state index in [4.69, 9.17) is 20.4 Å². The van der Waals surface area contributed by atoms with Crippen molar-refractivity contribution in [1.82, 2.24) is 15.6 Å². The summed E-state index contributed by atoms with van der Waals surface area (Å²) in [4.78, 5) is 27.2. The molecule has 2 unspecified atom stereocenters. The molecular weight excluding hydrogens is 294 g/mol. The second kappa shape index (κ2) is 9.05. The monoisotopic (exact) mass is 313 g/mol. The molecule has 0 aliphatic carbocycles. The molecule has 2 atom stereocenters. The lowest BCUT2D eigenvalue weighted by molar-refractivity contribution is 0.0793. The number of hydrogen-bond acceptors (Lipinski definition) is 7. The van der Waals surface area contributed by atoms with E-state index in [2.05, 4.69) is 15.6 Å². The van der Waals surface area contributed by atoms with Gasteiger partial charge in [0.25, 0.3) is 11.8 Å². The fourth-order valence-corrected chi connectivity index (χ4v) is 1.41. The number of carbonyl (C=O) groups is 2. The van der Waals surface area contributed by atoms with E-state index < -0.39 is 37.2 Å². The lowest BCUT2D eigenvalue weighted by Crippen LogP contribution is -2.35. The van der Waals surface area contributed by atoms with Gasteiger partial charge in [0.05, 0.1) is 31.0 Å². The van der Waals surface area contributed by atoms with Gasteiger partial charge in [0.1, 0.15) is 5.69 Å².